The van der Waals surface area contributed by atoms with E-state index in [9.17, 15) is 4.57 Å². The molecule has 1 aliphatic rings. The number of rotatable bonds is 4. The van der Waals surface area contributed by atoms with Crippen LogP contribution in [-0.4, -0.2) is 11.2 Å². The van der Waals surface area contributed by atoms with Crippen molar-refractivity contribution < 1.29 is 4.57 Å². The van der Waals surface area contributed by atoms with Crippen molar-refractivity contribution in [1.29, 1.82) is 0 Å². The molecule has 2 atom stereocenters. The normalized spacial score (nSPS) is 20.2. The van der Waals surface area contributed by atoms with E-state index in [0.29, 0.717) is 5.92 Å². The minimum Gasteiger partial charge on any atom is -0.296 e. The lowest BCUT2D eigenvalue weighted by Crippen LogP contribution is -2.40. The molecule has 0 aliphatic carbocycles. The Labute approximate surface area is 162 Å². The van der Waals surface area contributed by atoms with E-state index in [1.54, 1.807) is 0 Å². The maximum atomic E-state index is 14.8. The van der Waals surface area contributed by atoms with Crippen LogP contribution in [0.15, 0.2) is 84.9 Å². The third-order valence-electron chi connectivity index (χ3n) is 5.67. The van der Waals surface area contributed by atoms with E-state index in [4.69, 9.17) is 0 Å². The molecule has 4 rings (SSSR count). The van der Waals surface area contributed by atoms with Crippen LogP contribution in [-0.2, 0) is 4.57 Å². The van der Waals surface area contributed by atoms with Crippen LogP contribution in [0.2, 0.25) is 0 Å². The molecule has 0 spiro atoms. The smallest absolute Gasteiger partial charge is 0.207 e. The second-order valence-corrected chi connectivity index (χ2v) is 10.0. The predicted octanol–water partition coefficient (Wildman–Crippen LogP) is 5.49. The molecule has 0 fully saturated rings. The van der Waals surface area contributed by atoms with Gasteiger partial charge in [0.2, 0.25) is 7.29 Å². The Morgan fingerprint density at radius 1 is 0.815 bits per heavy atom. The molecule has 2 nitrogen and oxygen atoms in total. The van der Waals surface area contributed by atoms with Gasteiger partial charge >= 0.3 is 0 Å². The molecule has 0 N–H and O–H groups in total. The molecular formula is C24H26NOP. The van der Waals surface area contributed by atoms with Gasteiger partial charge in [-0.25, -0.2) is 4.67 Å². The molecule has 1 heterocycles. The van der Waals surface area contributed by atoms with Crippen molar-refractivity contribution >= 4 is 17.9 Å². The molecule has 1 aliphatic heterocycles. The van der Waals surface area contributed by atoms with Gasteiger partial charge in [-0.15, -0.1) is 0 Å². The quantitative estimate of drug-likeness (QED) is 0.562. The van der Waals surface area contributed by atoms with Crippen molar-refractivity contribution in [2.75, 3.05) is 6.54 Å². The molecule has 3 heteroatoms. The summed E-state index contributed by atoms with van der Waals surface area (Å²) >= 11 is 0. The van der Waals surface area contributed by atoms with Crippen LogP contribution in [0, 0.1) is 0 Å². The fraction of sp³-hybridized carbons (Fsp3) is 0.250. The fourth-order valence-corrected chi connectivity index (χ4v) is 7.58. The number of hydrogen-bond acceptors (Lipinski definition) is 1. The molecule has 138 valence electrons. The number of hydrogen-bond donors (Lipinski definition) is 0. The van der Waals surface area contributed by atoms with Crippen molar-refractivity contribution in [1.82, 2.24) is 4.67 Å². The molecule has 0 bridgehead atoms. The maximum absolute atomic E-state index is 14.8. The Hall–Kier alpha value is -2.15. The van der Waals surface area contributed by atoms with Gasteiger partial charge < -0.3 is 0 Å². The largest absolute Gasteiger partial charge is 0.296 e. The maximum Gasteiger partial charge on any atom is 0.207 e. The highest BCUT2D eigenvalue weighted by Crippen LogP contribution is 2.56. The lowest BCUT2D eigenvalue weighted by atomic mass is 9.87. The minimum atomic E-state index is -2.93. The van der Waals surface area contributed by atoms with Crippen molar-refractivity contribution in [3.63, 3.8) is 0 Å². The van der Waals surface area contributed by atoms with Crippen molar-refractivity contribution in [3.8, 4) is 0 Å². The summed E-state index contributed by atoms with van der Waals surface area (Å²) in [5.41, 5.74) is 2.72. The third kappa shape index (κ3) is 3.08. The lowest BCUT2D eigenvalue weighted by Gasteiger charge is -2.44. The van der Waals surface area contributed by atoms with Gasteiger partial charge in [-0.05, 0) is 47.7 Å². The van der Waals surface area contributed by atoms with E-state index in [0.717, 1.165) is 23.6 Å². The van der Waals surface area contributed by atoms with Gasteiger partial charge in [-0.2, -0.15) is 0 Å². The van der Waals surface area contributed by atoms with Crippen molar-refractivity contribution in [2.24, 2.45) is 0 Å². The van der Waals surface area contributed by atoms with Gasteiger partial charge in [0.15, 0.2) is 0 Å². The Balaban J connectivity index is 1.92. The summed E-state index contributed by atoms with van der Waals surface area (Å²) in [6.07, 6.45) is 0.938. The van der Waals surface area contributed by atoms with Crippen molar-refractivity contribution in [2.45, 2.75) is 32.2 Å². The van der Waals surface area contributed by atoms with Gasteiger partial charge in [-0.1, -0.05) is 74.5 Å². The van der Waals surface area contributed by atoms with Crippen LogP contribution < -0.4 is 10.6 Å². The van der Waals surface area contributed by atoms with Gasteiger partial charge in [0.05, 0.1) is 0 Å². The van der Waals surface area contributed by atoms with Gasteiger partial charge in [0.25, 0.3) is 0 Å². The van der Waals surface area contributed by atoms with Gasteiger partial charge in [0, 0.05) is 23.2 Å². The summed E-state index contributed by atoms with van der Waals surface area (Å²) in [5.74, 6) is 0.352. The molecule has 0 radical (unpaired) electrons. The zero-order valence-electron chi connectivity index (χ0n) is 16.0. The van der Waals surface area contributed by atoms with Crippen LogP contribution in [0.3, 0.4) is 0 Å². The molecule has 3 aromatic rings. The molecule has 0 amide bonds. The molecule has 27 heavy (non-hydrogen) atoms. The molecule has 3 aromatic carbocycles. The summed E-state index contributed by atoms with van der Waals surface area (Å²) in [4.78, 5) is 0. The molecule has 0 aromatic heterocycles. The second-order valence-electron chi connectivity index (χ2n) is 7.32. The van der Waals surface area contributed by atoms with Crippen LogP contribution in [0.1, 0.15) is 43.4 Å². The highest BCUT2D eigenvalue weighted by atomic mass is 31.2. The van der Waals surface area contributed by atoms with E-state index in [-0.39, 0.29) is 6.04 Å². The number of benzene rings is 3. The molecular weight excluding hydrogens is 349 g/mol. The van der Waals surface area contributed by atoms with Crippen LogP contribution >= 0.6 is 7.29 Å². The van der Waals surface area contributed by atoms with Gasteiger partial charge in [0.1, 0.15) is 0 Å². The Morgan fingerprint density at radius 3 is 1.81 bits per heavy atom. The zero-order valence-corrected chi connectivity index (χ0v) is 16.8. The van der Waals surface area contributed by atoms with E-state index in [1.807, 2.05) is 60.7 Å². The first-order valence-electron chi connectivity index (χ1n) is 9.73. The molecule has 0 saturated heterocycles. The first-order chi connectivity index (χ1) is 13.2. The molecule has 0 saturated carbocycles. The summed E-state index contributed by atoms with van der Waals surface area (Å²) < 4.78 is 17.1. The average molecular weight is 375 g/mol. The zero-order chi connectivity index (χ0) is 18.9. The fourth-order valence-electron chi connectivity index (χ4n) is 4.38. The Morgan fingerprint density at radius 2 is 1.30 bits per heavy atom. The summed E-state index contributed by atoms with van der Waals surface area (Å²) in [6, 6.07) is 28.9. The first kappa shape index (κ1) is 18.2. The van der Waals surface area contributed by atoms with E-state index < -0.39 is 7.29 Å². The summed E-state index contributed by atoms with van der Waals surface area (Å²) in [5, 5.41) is 1.84. The van der Waals surface area contributed by atoms with Crippen LogP contribution in [0.5, 0.6) is 0 Å². The number of fused-ring (bicyclic) bond motifs is 1. The standard InChI is InChI=1S/C24H26NOP/c1-3-24-23-17-11-10-16-22(23)19(2)18-25(24)27(26,20-12-6-4-7-13-20)21-14-8-5-9-15-21/h4-17,19,24H,3,18H2,1-2H3/t19-,24+/m1/s1. The highest BCUT2D eigenvalue weighted by molar-refractivity contribution is 7.76. The molecule has 0 unspecified atom stereocenters. The number of nitrogens with zero attached hydrogens (tertiary/aromatic N) is 1. The van der Waals surface area contributed by atoms with E-state index in [1.165, 1.54) is 11.1 Å². The summed E-state index contributed by atoms with van der Waals surface area (Å²) in [6.45, 7) is 5.25. The lowest BCUT2D eigenvalue weighted by molar-refractivity contribution is 0.285. The minimum absolute atomic E-state index is 0.156. The van der Waals surface area contributed by atoms with E-state index in [2.05, 4.69) is 42.8 Å². The van der Waals surface area contributed by atoms with Crippen LogP contribution in [0.25, 0.3) is 0 Å². The monoisotopic (exact) mass is 375 g/mol. The van der Waals surface area contributed by atoms with Crippen LogP contribution in [0.4, 0.5) is 0 Å². The van der Waals surface area contributed by atoms with E-state index >= 15 is 0 Å². The second kappa shape index (κ2) is 7.46. The first-order valence-corrected chi connectivity index (χ1v) is 11.4. The van der Waals surface area contributed by atoms with Gasteiger partial charge in [-0.3, -0.25) is 4.57 Å². The van der Waals surface area contributed by atoms with Crippen molar-refractivity contribution in [3.05, 3.63) is 96.1 Å². The average Bonchev–Trinajstić information content (AvgIpc) is 2.74. The topological polar surface area (TPSA) is 20.3 Å². The SMILES string of the molecule is CC[C@H]1c2ccccc2[C@H](C)CN1P(=O)(c1ccccc1)c1ccccc1. The third-order valence-corrected chi connectivity index (χ3v) is 8.83. The Bertz CT molecular complexity index is 911. The predicted molar refractivity (Wildman–Crippen MR) is 114 cm³/mol. The highest BCUT2D eigenvalue weighted by Gasteiger charge is 2.42. The summed E-state index contributed by atoms with van der Waals surface area (Å²) in [7, 11) is -2.93. The Kier molecular flexibility index (Phi) is 5.04.